The van der Waals surface area contributed by atoms with Crippen molar-refractivity contribution in [3.8, 4) is 0 Å². The lowest BCUT2D eigenvalue weighted by atomic mass is 10.0. The average Bonchev–Trinajstić information content (AvgIpc) is 2.26. The number of benzene rings is 1. The molecule has 1 aromatic rings. The second-order valence-corrected chi connectivity index (χ2v) is 3.62. The van der Waals surface area contributed by atoms with E-state index in [0.29, 0.717) is 12.8 Å². The molecule has 15 heavy (non-hydrogen) atoms. The molecule has 0 aliphatic rings. The molecule has 0 aliphatic carbocycles. The molecule has 2 unspecified atom stereocenters. The number of hydrogen-bond acceptors (Lipinski definition) is 3. The predicted molar refractivity (Wildman–Crippen MR) is 57.2 cm³/mol. The predicted octanol–water partition coefficient (Wildman–Crippen LogP) is 1.65. The first-order chi connectivity index (χ1) is 7.11. The smallest absolute Gasteiger partial charge is 0.235 e. The van der Waals surface area contributed by atoms with Crippen LogP contribution in [0.2, 0.25) is 0 Å². The van der Waals surface area contributed by atoms with Crippen molar-refractivity contribution in [3.63, 3.8) is 0 Å². The quantitative estimate of drug-likeness (QED) is 0.592. The Hall–Kier alpha value is -1.42. The van der Waals surface area contributed by atoms with E-state index in [4.69, 9.17) is 0 Å². The van der Waals surface area contributed by atoms with E-state index in [1.165, 1.54) is 6.92 Å². The molecule has 4 heteroatoms. The third-order valence-electron chi connectivity index (χ3n) is 2.46. The Labute approximate surface area is 88.7 Å². The molecule has 0 saturated carbocycles. The van der Waals surface area contributed by atoms with Crippen molar-refractivity contribution in [2.75, 3.05) is 0 Å². The summed E-state index contributed by atoms with van der Waals surface area (Å²) in [6.45, 7) is 1.43. The summed E-state index contributed by atoms with van der Waals surface area (Å²) >= 11 is 0. The van der Waals surface area contributed by atoms with E-state index in [0.717, 1.165) is 5.56 Å². The van der Waals surface area contributed by atoms with Crippen LogP contribution >= 0.6 is 0 Å². The maximum absolute atomic E-state index is 10.4. The fourth-order valence-electron chi connectivity index (χ4n) is 1.34. The summed E-state index contributed by atoms with van der Waals surface area (Å²) in [5.41, 5.74) is 1.09. The van der Waals surface area contributed by atoms with Crippen LogP contribution in [-0.2, 0) is 6.42 Å². The highest BCUT2D eigenvalue weighted by molar-refractivity contribution is 5.14. The summed E-state index contributed by atoms with van der Waals surface area (Å²) in [7, 11) is 0. The Balaban J connectivity index is 2.41. The van der Waals surface area contributed by atoms with Crippen LogP contribution in [-0.4, -0.2) is 22.2 Å². The minimum atomic E-state index is -0.895. The van der Waals surface area contributed by atoms with Crippen molar-refractivity contribution in [1.29, 1.82) is 0 Å². The molecule has 0 amide bonds. The van der Waals surface area contributed by atoms with Gasteiger partial charge < -0.3 is 5.11 Å². The van der Waals surface area contributed by atoms with Gasteiger partial charge in [0.1, 0.15) is 6.10 Å². The van der Waals surface area contributed by atoms with Gasteiger partial charge in [-0.25, -0.2) is 0 Å². The number of aryl methyl sites for hydroxylation is 1. The molecule has 1 N–H and O–H groups in total. The van der Waals surface area contributed by atoms with Crippen molar-refractivity contribution >= 4 is 0 Å². The van der Waals surface area contributed by atoms with Gasteiger partial charge in [-0.1, -0.05) is 30.3 Å². The molecule has 0 aromatic heterocycles. The molecule has 0 radical (unpaired) electrons. The van der Waals surface area contributed by atoms with Crippen LogP contribution in [0.4, 0.5) is 0 Å². The van der Waals surface area contributed by atoms with E-state index < -0.39 is 17.1 Å². The summed E-state index contributed by atoms with van der Waals surface area (Å²) in [6.07, 6.45) is 0.215. The molecule has 0 bridgehead atoms. The SMILES string of the molecule is CC(C(O)CCc1ccccc1)[N+](=O)[O-]. The number of nitro groups is 1. The third-order valence-corrected chi connectivity index (χ3v) is 2.46. The monoisotopic (exact) mass is 209 g/mol. The Morgan fingerprint density at radius 2 is 2.00 bits per heavy atom. The zero-order valence-electron chi connectivity index (χ0n) is 8.67. The molecule has 1 aromatic carbocycles. The van der Waals surface area contributed by atoms with Crippen LogP contribution < -0.4 is 0 Å². The van der Waals surface area contributed by atoms with Crippen molar-refractivity contribution in [2.45, 2.75) is 31.9 Å². The summed E-state index contributed by atoms with van der Waals surface area (Å²) in [5, 5.41) is 19.9. The fourth-order valence-corrected chi connectivity index (χ4v) is 1.34. The summed E-state index contributed by atoms with van der Waals surface area (Å²) in [4.78, 5) is 9.95. The zero-order valence-corrected chi connectivity index (χ0v) is 8.67. The van der Waals surface area contributed by atoms with E-state index in [9.17, 15) is 15.2 Å². The van der Waals surface area contributed by atoms with Crippen LogP contribution in [0.3, 0.4) is 0 Å². The van der Waals surface area contributed by atoms with Crippen molar-refractivity contribution in [1.82, 2.24) is 0 Å². The lowest BCUT2D eigenvalue weighted by Gasteiger charge is -2.11. The Morgan fingerprint density at radius 3 is 2.53 bits per heavy atom. The Morgan fingerprint density at radius 1 is 1.40 bits per heavy atom. The van der Waals surface area contributed by atoms with Crippen molar-refractivity contribution < 1.29 is 10.0 Å². The molecule has 82 valence electrons. The van der Waals surface area contributed by atoms with Crippen LogP contribution in [0.25, 0.3) is 0 Å². The third kappa shape index (κ3) is 3.67. The Kier molecular flexibility index (Phi) is 4.24. The summed E-state index contributed by atoms with van der Waals surface area (Å²) < 4.78 is 0. The summed E-state index contributed by atoms with van der Waals surface area (Å²) in [5.74, 6) is 0. The molecule has 0 saturated heterocycles. The minimum absolute atomic E-state index is 0.423. The van der Waals surface area contributed by atoms with Crippen LogP contribution in [0.5, 0.6) is 0 Å². The molecule has 0 aliphatic heterocycles. The van der Waals surface area contributed by atoms with Crippen LogP contribution in [0.15, 0.2) is 30.3 Å². The maximum atomic E-state index is 10.4. The van der Waals surface area contributed by atoms with Gasteiger partial charge in [-0.2, -0.15) is 0 Å². The molecule has 0 heterocycles. The first kappa shape index (κ1) is 11.7. The number of nitrogens with zero attached hydrogens (tertiary/aromatic N) is 1. The van der Waals surface area contributed by atoms with Crippen molar-refractivity contribution in [3.05, 3.63) is 46.0 Å². The second-order valence-electron chi connectivity index (χ2n) is 3.62. The van der Waals surface area contributed by atoms with Crippen LogP contribution in [0.1, 0.15) is 18.9 Å². The van der Waals surface area contributed by atoms with E-state index in [1.54, 1.807) is 0 Å². The van der Waals surface area contributed by atoms with Crippen molar-refractivity contribution in [2.24, 2.45) is 0 Å². The van der Waals surface area contributed by atoms with E-state index in [1.807, 2.05) is 30.3 Å². The highest BCUT2D eigenvalue weighted by atomic mass is 16.6. The van der Waals surface area contributed by atoms with Gasteiger partial charge in [0.25, 0.3) is 0 Å². The van der Waals surface area contributed by atoms with Gasteiger partial charge in [0.05, 0.1) is 0 Å². The van der Waals surface area contributed by atoms with Gasteiger partial charge in [0.2, 0.25) is 6.04 Å². The minimum Gasteiger partial charge on any atom is -0.386 e. The number of hydrogen-bond donors (Lipinski definition) is 1. The van der Waals surface area contributed by atoms with Gasteiger partial charge in [-0.05, 0) is 18.4 Å². The second kappa shape index (κ2) is 5.46. The first-order valence-electron chi connectivity index (χ1n) is 4.96. The van der Waals surface area contributed by atoms with Gasteiger partial charge in [-0.3, -0.25) is 10.1 Å². The van der Waals surface area contributed by atoms with Gasteiger partial charge in [0.15, 0.2) is 0 Å². The molecule has 4 nitrogen and oxygen atoms in total. The van der Waals surface area contributed by atoms with E-state index >= 15 is 0 Å². The van der Waals surface area contributed by atoms with Gasteiger partial charge in [-0.15, -0.1) is 0 Å². The van der Waals surface area contributed by atoms with Gasteiger partial charge >= 0.3 is 0 Å². The molecule has 0 fully saturated rings. The number of rotatable bonds is 5. The topological polar surface area (TPSA) is 63.4 Å². The van der Waals surface area contributed by atoms with E-state index in [2.05, 4.69) is 0 Å². The van der Waals surface area contributed by atoms with Crippen LogP contribution in [0, 0.1) is 10.1 Å². The molecular weight excluding hydrogens is 194 g/mol. The number of aliphatic hydroxyl groups excluding tert-OH is 1. The fraction of sp³-hybridized carbons (Fsp3) is 0.455. The van der Waals surface area contributed by atoms with E-state index in [-0.39, 0.29) is 0 Å². The lowest BCUT2D eigenvalue weighted by Crippen LogP contribution is -2.30. The zero-order chi connectivity index (χ0) is 11.3. The molecule has 1 rings (SSSR count). The first-order valence-corrected chi connectivity index (χ1v) is 4.96. The Bertz CT molecular complexity index is 313. The highest BCUT2D eigenvalue weighted by Crippen LogP contribution is 2.08. The molecule has 0 spiro atoms. The summed E-state index contributed by atoms with van der Waals surface area (Å²) in [6, 6.07) is 8.75. The maximum Gasteiger partial charge on any atom is 0.235 e. The average molecular weight is 209 g/mol. The standard InChI is InChI=1S/C11H15NO3/c1-9(12(14)15)11(13)8-7-10-5-3-2-4-6-10/h2-6,9,11,13H,7-8H2,1H3. The van der Waals surface area contributed by atoms with Gasteiger partial charge in [0, 0.05) is 11.8 Å². The lowest BCUT2D eigenvalue weighted by molar-refractivity contribution is -0.529. The largest absolute Gasteiger partial charge is 0.386 e. The highest BCUT2D eigenvalue weighted by Gasteiger charge is 2.23. The molecule has 2 atom stereocenters. The molecular formula is C11H15NO3. The number of aliphatic hydroxyl groups is 1. The normalized spacial score (nSPS) is 14.5.